The molecule has 0 spiro atoms. The highest BCUT2D eigenvalue weighted by molar-refractivity contribution is 6.32. The lowest BCUT2D eigenvalue weighted by atomic mass is 10.2. The lowest BCUT2D eigenvalue weighted by molar-refractivity contribution is 0.396. The largest absolute Gasteiger partial charge is 0.495 e. The highest BCUT2D eigenvalue weighted by atomic mass is 35.5. The van der Waals surface area contributed by atoms with Gasteiger partial charge in [-0.3, -0.25) is 0 Å². The Hall–Kier alpha value is -1.72. The van der Waals surface area contributed by atoms with Gasteiger partial charge in [0, 0.05) is 11.6 Å². The fourth-order valence-electron chi connectivity index (χ4n) is 1.90. The van der Waals surface area contributed by atoms with Crippen molar-refractivity contribution < 1.29 is 9.47 Å². The summed E-state index contributed by atoms with van der Waals surface area (Å²) in [5.41, 5.74) is 1.50. The summed E-state index contributed by atoms with van der Waals surface area (Å²) in [5.74, 6) is 1.75. The molecule has 1 aromatic carbocycles. The fourth-order valence-corrected chi connectivity index (χ4v) is 2.40. The molecule has 1 N–H and O–H groups in total. The molecule has 21 heavy (non-hydrogen) atoms. The number of anilines is 2. The van der Waals surface area contributed by atoms with E-state index < -0.39 is 0 Å². The Bertz CT molecular complexity index is 650. The number of halogens is 2. The maximum atomic E-state index is 6.15. The molecule has 0 aliphatic heterocycles. The van der Waals surface area contributed by atoms with Crippen LogP contribution in [-0.2, 0) is 6.42 Å². The molecule has 1 aromatic heterocycles. The van der Waals surface area contributed by atoms with Gasteiger partial charge in [-0.05, 0) is 12.5 Å². The van der Waals surface area contributed by atoms with Crippen LogP contribution in [0.4, 0.5) is 11.5 Å². The van der Waals surface area contributed by atoms with Gasteiger partial charge in [-0.15, -0.1) is 0 Å². The summed E-state index contributed by atoms with van der Waals surface area (Å²) in [7, 11) is 3.12. The summed E-state index contributed by atoms with van der Waals surface area (Å²) >= 11 is 12.2. The Morgan fingerprint density at radius 2 is 1.81 bits per heavy atom. The van der Waals surface area contributed by atoms with Crippen LogP contribution in [0.5, 0.6) is 11.5 Å². The van der Waals surface area contributed by atoms with Gasteiger partial charge in [0.1, 0.15) is 28.8 Å². The number of nitrogens with zero attached hydrogens (tertiary/aromatic N) is 2. The minimum absolute atomic E-state index is 0.425. The van der Waals surface area contributed by atoms with E-state index in [1.165, 1.54) is 6.33 Å². The summed E-state index contributed by atoms with van der Waals surface area (Å²) in [6, 6.07) is 3.42. The topological polar surface area (TPSA) is 56.3 Å². The lowest BCUT2D eigenvalue weighted by Gasteiger charge is -2.15. The maximum Gasteiger partial charge on any atom is 0.146 e. The summed E-state index contributed by atoms with van der Waals surface area (Å²) in [5, 5.41) is 4.07. The van der Waals surface area contributed by atoms with Crippen molar-refractivity contribution in [2.24, 2.45) is 0 Å². The van der Waals surface area contributed by atoms with Crippen molar-refractivity contribution in [2.75, 3.05) is 19.5 Å². The number of benzene rings is 1. The fraction of sp³-hybridized carbons (Fsp3) is 0.286. The molecule has 0 bridgehead atoms. The van der Waals surface area contributed by atoms with Crippen molar-refractivity contribution in [2.45, 2.75) is 13.3 Å². The summed E-state index contributed by atoms with van der Waals surface area (Å²) in [6.45, 7) is 1.98. The average Bonchev–Trinajstić information content (AvgIpc) is 2.48. The number of hydrogen-bond donors (Lipinski definition) is 1. The molecule has 0 aliphatic carbocycles. The van der Waals surface area contributed by atoms with Gasteiger partial charge < -0.3 is 14.8 Å². The normalized spacial score (nSPS) is 10.3. The molecule has 1 heterocycles. The zero-order valence-corrected chi connectivity index (χ0v) is 13.4. The first-order valence-corrected chi connectivity index (χ1v) is 7.04. The first-order valence-electron chi connectivity index (χ1n) is 6.28. The van der Waals surface area contributed by atoms with Crippen LogP contribution >= 0.6 is 23.2 Å². The first kappa shape index (κ1) is 15.7. The Labute approximate surface area is 133 Å². The van der Waals surface area contributed by atoms with Crippen LogP contribution in [0.25, 0.3) is 0 Å². The molecule has 112 valence electrons. The summed E-state index contributed by atoms with van der Waals surface area (Å²) in [4.78, 5) is 8.19. The average molecular weight is 328 g/mol. The number of aromatic nitrogens is 2. The molecular weight excluding hydrogens is 313 g/mol. The monoisotopic (exact) mass is 327 g/mol. The van der Waals surface area contributed by atoms with E-state index in [1.807, 2.05) is 6.92 Å². The Balaban J connectivity index is 2.44. The van der Waals surface area contributed by atoms with E-state index in [1.54, 1.807) is 26.4 Å². The zero-order chi connectivity index (χ0) is 15.4. The van der Waals surface area contributed by atoms with E-state index >= 15 is 0 Å². The minimum Gasteiger partial charge on any atom is -0.495 e. The standard InChI is InChI=1S/C14H15Cl2N3O2/c1-4-8-13(16)17-7-18-14(8)19-10-5-9(15)11(20-2)6-12(10)21-3/h5-7H,4H2,1-3H3,(H,17,18,19). The number of hydrogen-bond acceptors (Lipinski definition) is 5. The molecule has 0 radical (unpaired) electrons. The predicted octanol–water partition coefficient (Wildman–Crippen LogP) is 4.11. The van der Waals surface area contributed by atoms with Crippen LogP contribution in [0, 0.1) is 0 Å². The van der Waals surface area contributed by atoms with Gasteiger partial charge in [-0.1, -0.05) is 30.1 Å². The summed E-state index contributed by atoms with van der Waals surface area (Å²) in [6.07, 6.45) is 2.11. The summed E-state index contributed by atoms with van der Waals surface area (Å²) < 4.78 is 10.5. The van der Waals surface area contributed by atoms with Gasteiger partial charge in [0.15, 0.2) is 0 Å². The van der Waals surface area contributed by atoms with Crippen LogP contribution < -0.4 is 14.8 Å². The smallest absolute Gasteiger partial charge is 0.146 e. The highest BCUT2D eigenvalue weighted by Gasteiger charge is 2.13. The molecule has 0 unspecified atom stereocenters. The second kappa shape index (κ2) is 6.83. The maximum absolute atomic E-state index is 6.15. The number of ether oxygens (including phenoxy) is 2. The van der Waals surface area contributed by atoms with E-state index in [-0.39, 0.29) is 0 Å². The molecule has 0 saturated heterocycles. The van der Waals surface area contributed by atoms with Crippen LogP contribution in [-0.4, -0.2) is 24.2 Å². The van der Waals surface area contributed by atoms with E-state index in [9.17, 15) is 0 Å². The Kier molecular flexibility index (Phi) is 5.09. The molecular formula is C14H15Cl2N3O2. The number of rotatable bonds is 5. The molecule has 0 saturated carbocycles. The molecule has 0 amide bonds. The third-order valence-electron chi connectivity index (χ3n) is 2.97. The van der Waals surface area contributed by atoms with Crippen molar-refractivity contribution in [1.82, 2.24) is 9.97 Å². The van der Waals surface area contributed by atoms with Gasteiger partial charge in [-0.25, -0.2) is 9.97 Å². The minimum atomic E-state index is 0.425. The lowest BCUT2D eigenvalue weighted by Crippen LogP contribution is -2.02. The van der Waals surface area contributed by atoms with E-state index in [0.29, 0.717) is 39.6 Å². The van der Waals surface area contributed by atoms with Crippen LogP contribution in [0.3, 0.4) is 0 Å². The van der Waals surface area contributed by atoms with Crippen molar-refractivity contribution in [1.29, 1.82) is 0 Å². The highest BCUT2D eigenvalue weighted by Crippen LogP contribution is 2.37. The molecule has 7 heteroatoms. The third-order valence-corrected chi connectivity index (χ3v) is 3.59. The predicted molar refractivity (Wildman–Crippen MR) is 84.3 cm³/mol. The molecule has 0 aliphatic rings. The van der Waals surface area contributed by atoms with Crippen molar-refractivity contribution in [3.63, 3.8) is 0 Å². The van der Waals surface area contributed by atoms with Crippen LogP contribution in [0.2, 0.25) is 10.2 Å². The van der Waals surface area contributed by atoms with E-state index in [0.717, 1.165) is 5.56 Å². The van der Waals surface area contributed by atoms with Gasteiger partial charge >= 0.3 is 0 Å². The second-order valence-corrected chi connectivity index (χ2v) is 4.92. The van der Waals surface area contributed by atoms with Gasteiger partial charge in [0.2, 0.25) is 0 Å². The Morgan fingerprint density at radius 1 is 1.10 bits per heavy atom. The number of methoxy groups -OCH3 is 2. The molecule has 0 fully saturated rings. The van der Waals surface area contributed by atoms with Gasteiger partial charge in [0.05, 0.1) is 24.9 Å². The van der Waals surface area contributed by atoms with Crippen molar-refractivity contribution >= 4 is 34.7 Å². The SMILES string of the molecule is CCc1c(Cl)ncnc1Nc1cc(Cl)c(OC)cc1OC. The quantitative estimate of drug-likeness (QED) is 0.837. The molecule has 5 nitrogen and oxygen atoms in total. The van der Waals surface area contributed by atoms with Gasteiger partial charge in [-0.2, -0.15) is 0 Å². The number of nitrogens with one attached hydrogen (secondary N) is 1. The zero-order valence-electron chi connectivity index (χ0n) is 11.9. The van der Waals surface area contributed by atoms with Gasteiger partial charge in [0.25, 0.3) is 0 Å². The van der Waals surface area contributed by atoms with E-state index in [2.05, 4.69) is 15.3 Å². The molecule has 2 rings (SSSR count). The van der Waals surface area contributed by atoms with E-state index in [4.69, 9.17) is 32.7 Å². The van der Waals surface area contributed by atoms with Crippen molar-refractivity contribution in [3.05, 3.63) is 34.2 Å². The second-order valence-electron chi connectivity index (χ2n) is 4.16. The molecule has 0 atom stereocenters. The van der Waals surface area contributed by atoms with Crippen molar-refractivity contribution in [3.8, 4) is 11.5 Å². The third kappa shape index (κ3) is 3.31. The first-order chi connectivity index (χ1) is 10.1. The molecule has 2 aromatic rings. The van der Waals surface area contributed by atoms with Crippen LogP contribution in [0.1, 0.15) is 12.5 Å². The Morgan fingerprint density at radius 3 is 2.43 bits per heavy atom. The van der Waals surface area contributed by atoms with Crippen LogP contribution in [0.15, 0.2) is 18.5 Å².